The summed E-state index contributed by atoms with van der Waals surface area (Å²) in [5.74, 6) is -0.101. The summed E-state index contributed by atoms with van der Waals surface area (Å²) >= 11 is 0. The normalized spacial score (nSPS) is 23.8. The molecule has 0 bridgehead atoms. The van der Waals surface area contributed by atoms with E-state index in [1.54, 1.807) is 6.07 Å². The van der Waals surface area contributed by atoms with Crippen LogP contribution in [0, 0.1) is 12.7 Å². The summed E-state index contributed by atoms with van der Waals surface area (Å²) in [7, 11) is 0. The van der Waals surface area contributed by atoms with Gasteiger partial charge in [-0.2, -0.15) is 0 Å². The predicted octanol–water partition coefficient (Wildman–Crippen LogP) is 2.53. The number of hydrogen-bond acceptors (Lipinski definition) is 2. The molecule has 2 atom stereocenters. The SMILES string of the molecule is CCCN1C(=O)CCC(N)C1c1ccc(F)cc1C. The van der Waals surface area contributed by atoms with Gasteiger partial charge in [-0.15, -0.1) is 0 Å². The largest absolute Gasteiger partial charge is 0.334 e. The molecule has 1 fully saturated rings. The van der Waals surface area contributed by atoms with Gasteiger partial charge < -0.3 is 10.6 Å². The van der Waals surface area contributed by atoms with Gasteiger partial charge in [0, 0.05) is 19.0 Å². The number of halogens is 1. The lowest BCUT2D eigenvalue weighted by Crippen LogP contribution is -2.49. The summed E-state index contributed by atoms with van der Waals surface area (Å²) in [6.45, 7) is 4.62. The number of likely N-dealkylation sites (tertiary alicyclic amines) is 1. The van der Waals surface area contributed by atoms with Crippen molar-refractivity contribution in [3.05, 3.63) is 35.1 Å². The summed E-state index contributed by atoms with van der Waals surface area (Å²) in [4.78, 5) is 13.9. The van der Waals surface area contributed by atoms with Crippen LogP contribution in [0.2, 0.25) is 0 Å². The van der Waals surface area contributed by atoms with Crippen molar-refractivity contribution in [1.82, 2.24) is 4.90 Å². The number of carbonyl (C=O) groups excluding carboxylic acids is 1. The van der Waals surface area contributed by atoms with Crippen LogP contribution >= 0.6 is 0 Å². The Morgan fingerprint density at radius 2 is 2.21 bits per heavy atom. The molecule has 0 aromatic heterocycles. The summed E-state index contributed by atoms with van der Waals surface area (Å²) in [6, 6.07) is 4.51. The molecule has 1 aromatic carbocycles. The van der Waals surface area contributed by atoms with Gasteiger partial charge in [0.15, 0.2) is 0 Å². The third kappa shape index (κ3) is 2.78. The van der Waals surface area contributed by atoms with Crippen molar-refractivity contribution >= 4 is 5.91 Å². The quantitative estimate of drug-likeness (QED) is 0.912. The van der Waals surface area contributed by atoms with Crippen molar-refractivity contribution in [2.45, 2.75) is 45.2 Å². The molecule has 0 saturated carbocycles. The standard InChI is InChI=1S/C15H21FN2O/c1-3-8-18-14(19)7-6-13(17)15(18)12-5-4-11(16)9-10(12)2/h4-5,9,13,15H,3,6-8,17H2,1-2H3. The maximum Gasteiger partial charge on any atom is 0.223 e. The number of carbonyl (C=O) groups is 1. The van der Waals surface area contributed by atoms with Gasteiger partial charge in [-0.05, 0) is 43.0 Å². The third-order valence-electron chi connectivity index (χ3n) is 3.77. The molecule has 1 aromatic rings. The zero-order valence-corrected chi connectivity index (χ0v) is 11.5. The molecule has 0 aliphatic carbocycles. The minimum atomic E-state index is -0.251. The van der Waals surface area contributed by atoms with Crippen molar-refractivity contribution in [3.63, 3.8) is 0 Å². The highest BCUT2D eigenvalue weighted by Crippen LogP contribution is 2.33. The first kappa shape index (κ1) is 14.0. The van der Waals surface area contributed by atoms with Crippen molar-refractivity contribution in [2.75, 3.05) is 6.54 Å². The molecule has 104 valence electrons. The second kappa shape index (κ2) is 5.70. The molecule has 1 aliphatic heterocycles. The molecule has 0 spiro atoms. The van der Waals surface area contributed by atoms with E-state index in [0.29, 0.717) is 19.4 Å². The van der Waals surface area contributed by atoms with Gasteiger partial charge in [0.25, 0.3) is 0 Å². The van der Waals surface area contributed by atoms with Crippen molar-refractivity contribution < 1.29 is 9.18 Å². The first-order valence-electron chi connectivity index (χ1n) is 6.85. The van der Waals surface area contributed by atoms with Crippen LogP contribution in [-0.2, 0) is 4.79 Å². The molecule has 3 nitrogen and oxygen atoms in total. The summed E-state index contributed by atoms with van der Waals surface area (Å²) in [5, 5.41) is 0. The highest BCUT2D eigenvalue weighted by atomic mass is 19.1. The Balaban J connectivity index is 2.39. The molecular weight excluding hydrogens is 243 g/mol. The smallest absolute Gasteiger partial charge is 0.223 e. The molecule has 1 heterocycles. The van der Waals surface area contributed by atoms with Crippen LogP contribution in [0.1, 0.15) is 43.4 Å². The molecular formula is C15H21FN2O. The molecule has 0 radical (unpaired) electrons. The van der Waals surface area contributed by atoms with E-state index in [1.807, 2.05) is 18.7 Å². The van der Waals surface area contributed by atoms with Gasteiger partial charge in [0.05, 0.1) is 6.04 Å². The van der Waals surface area contributed by atoms with Gasteiger partial charge >= 0.3 is 0 Å². The molecule has 4 heteroatoms. The molecule has 1 aliphatic rings. The maximum atomic E-state index is 13.2. The number of piperidine rings is 1. The van der Waals surface area contributed by atoms with Gasteiger partial charge in [-0.1, -0.05) is 13.0 Å². The number of nitrogens with zero attached hydrogens (tertiary/aromatic N) is 1. The zero-order valence-electron chi connectivity index (χ0n) is 11.5. The van der Waals surface area contributed by atoms with Crippen molar-refractivity contribution in [1.29, 1.82) is 0 Å². The van der Waals surface area contributed by atoms with Crippen LogP contribution in [0.3, 0.4) is 0 Å². The average Bonchev–Trinajstić information content (AvgIpc) is 2.36. The molecule has 19 heavy (non-hydrogen) atoms. The molecule has 2 unspecified atom stereocenters. The predicted molar refractivity (Wildman–Crippen MR) is 73.1 cm³/mol. The van der Waals surface area contributed by atoms with Crippen LogP contribution in [0.25, 0.3) is 0 Å². The van der Waals surface area contributed by atoms with E-state index in [9.17, 15) is 9.18 Å². The topological polar surface area (TPSA) is 46.3 Å². The summed E-state index contributed by atoms with van der Waals surface area (Å²) in [5.41, 5.74) is 8.04. The Morgan fingerprint density at radius 1 is 1.47 bits per heavy atom. The average molecular weight is 264 g/mol. The Morgan fingerprint density at radius 3 is 2.84 bits per heavy atom. The molecule has 1 amide bonds. The lowest BCUT2D eigenvalue weighted by Gasteiger charge is -2.40. The van der Waals surface area contributed by atoms with Crippen LogP contribution in [0.5, 0.6) is 0 Å². The van der Waals surface area contributed by atoms with Gasteiger partial charge in [-0.3, -0.25) is 4.79 Å². The monoisotopic (exact) mass is 264 g/mol. The highest BCUT2D eigenvalue weighted by Gasteiger charge is 2.34. The van der Waals surface area contributed by atoms with Gasteiger partial charge in [-0.25, -0.2) is 4.39 Å². The molecule has 2 rings (SSSR count). The maximum absolute atomic E-state index is 13.2. The summed E-state index contributed by atoms with van der Waals surface area (Å²) < 4.78 is 13.2. The Labute approximate surface area is 113 Å². The number of nitrogens with two attached hydrogens (primary N) is 1. The second-order valence-corrected chi connectivity index (χ2v) is 5.24. The molecule has 1 saturated heterocycles. The van der Waals surface area contributed by atoms with Crippen LogP contribution in [0.4, 0.5) is 4.39 Å². The van der Waals surface area contributed by atoms with E-state index < -0.39 is 0 Å². The molecule has 2 N–H and O–H groups in total. The Bertz CT molecular complexity index is 475. The fourth-order valence-electron chi connectivity index (χ4n) is 2.85. The number of amides is 1. The van der Waals surface area contributed by atoms with E-state index >= 15 is 0 Å². The van der Waals surface area contributed by atoms with Crippen molar-refractivity contribution in [3.8, 4) is 0 Å². The van der Waals surface area contributed by atoms with Crippen LogP contribution in [0.15, 0.2) is 18.2 Å². The number of rotatable bonds is 3. The fraction of sp³-hybridized carbons (Fsp3) is 0.533. The third-order valence-corrected chi connectivity index (χ3v) is 3.77. The Hall–Kier alpha value is -1.42. The van der Waals surface area contributed by atoms with E-state index in [1.165, 1.54) is 12.1 Å². The first-order chi connectivity index (χ1) is 9.04. The van der Waals surface area contributed by atoms with E-state index in [4.69, 9.17) is 5.73 Å². The van der Waals surface area contributed by atoms with Crippen LogP contribution in [-0.4, -0.2) is 23.4 Å². The highest BCUT2D eigenvalue weighted by molar-refractivity contribution is 5.78. The lowest BCUT2D eigenvalue weighted by molar-refractivity contribution is -0.137. The number of aryl methyl sites for hydroxylation is 1. The van der Waals surface area contributed by atoms with Gasteiger partial charge in [0.1, 0.15) is 5.82 Å². The summed E-state index contributed by atoms with van der Waals surface area (Å²) in [6.07, 6.45) is 2.10. The zero-order chi connectivity index (χ0) is 14.0. The fourth-order valence-corrected chi connectivity index (χ4v) is 2.85. The first-order valence-corrected chi connectivity index (χ1v) is 6.85. The second-order valence-electron chi connectivity index (χ2n) is 5.24. The van der Waals surface area contributed by atoms with Gasteiger partial charge in [0.2, 0.25) is 5.91 Å². The van der Waals surface area contributed by atoms with E-state index in [0.717, 1.165) is 17.5 Å². The van der Waals surface area contributed by atoms with E-state index in [2.05, 4.69) is 0 Å². The Kier molecular flexibility index (Phi) is 4.20. The van der Waals surface area contributed by atoms with Crippen molar-refractivity contribution in [2.24, 2.45) is 5.73 Å². The number of hydrogen-bond donors (Lipinski definition) is 1. The number of benzene rings is 1. The lowest BCUT2D eigenvalue weighted by atomic mass is 9.88. The minimum Gasteiger partial charge on any atom is -0.334 e. The minimum absolute atomic E-state index is 0.0755. The van der Waals surface area contributed by atoms with E-state index in [-0.39, 0.29) is 23.8 Å². The van der Waals surface area contributed by atoms with Crippen LogP contribution < -0.4 is 5.73 Å².